The van der Waals surface area contributed by atoms with Crippen molar-refractivity contribution in [2.45, 2.75) is 26.3 Å². The van der Waals surface area contributed by atoms with Crippen molar-refractivity contribution in [3.05, 3.63) is 71.0 Å². The molecule has 0 saturated carbocycles. The van der Waals surface area contributed by atoms with Crippen molar-refractivity contribution in [3.63, 3.8) is 0 Å². The Morgan fingerprint density at radius 3 is 2.48 bits per heavy atom. The summed E-state index contributed by atoms with van der Waals surface area (Å²) in [5.74, 6) is -1.63. The number of aliphatic hydroxyl groups is 1. The summed E-state index contributed by atoms with van der Waals surface area (Å²) in [5.41, 5.74) is 2.00. The molecule has 0 saturated heterocycles. The van der Waals surface area contributed by atoms with Crippen molar-refractivity contribution in [2.24, 2.45) is 0 Å². The second kappa shape index (κ2) is 6.43. The molecule has 1 heterocycles. The number of Topliss-reactive ketones (excluding diaryl/α,β-unsaturated/α-hetero) is 1. The van der Waals surface area contributed by atoms with Gasteiger partial charge in [-0.3, -0.25) is 14.5 Å². The van der Waals surface area contributed by atoms with Crippen molar-refractivity contribution >= 4 is 17.4 Å². The van der Waals surface area contributed by atoms with E-state index >= 15 is 0 Å². The number of hydrogen-bond donors (Lipinski definition) is 2. The fourth-order valence-corrected chi connectivity index (χ4v) is 3.15. The van der Waals surface area contributed by atoms with E-state index in [0.29, 0.717) is 5.56 Å². The predicted octanol–water partition coefficient (Wildman–Crippen LogP) is 3.58. The number of amides is 1. The molecular formula is C20H19NO4. The van der Waals surface area contributed by atoms with Crippen LogP contribution >= 0.6 is 0 Å². The topological polar surface area (TPSA) is 77.8 Å². The molecule has 1 aliphatic rings. The molecule has 0 spiro atoms. The van der Waals surface area contributed by atoms with Crippen LogP contribution in [0.15, 0.2) is 59.9 Å². The van der Waals surface area contributed by atoms with E-state index in [2.05, 4.69) is 0 Å². The monoisotopic (exact) mass is 337 g/mol. The molecular weight excluding hydrogens is 318 g/mol. The fraction of sp³-hybridized carbons (Fsp3) is 0.200. The number of aromatic hydroxyl groups is 1. The average molecular weight is 337 g/mol. The lowest BCUT2D eigenvalue weighted by atomic mass is 9.94. The van der Waals surface area contributed by atoms with Gasteiger partial charge in [0.25, 0.3) is 5.91 Å². The molecule has 2 aromatic carbocycles. The Labute approximate surface area is 145 Å². The zero-order valence-electron chi connectivity index (χ0n) is 14.1. The normalized spacial score (nSPS) is 17.3. The highest BCUT2D eigenvalue weighted by Crippen LogP contribution is 2.44. The molecule has 0 bridgehead atoms. The largest absolute Gasteiger partial charge is 0.506 e. The molecule has 5 heteroatoms. The van der Waals surface area contributed by atoms with Crippen molar-refractivity contribution in [1.29, 1.82) is 0 Å². The second-order valence-electron chi connectivity index (χ2n) is 6.02. The molecule has 1 unspecified atom stereocenters. The highest BCUT2D eigenvalue weighted by atomic mass is 16.3. The number of carbonyl (C=O) groups excluding carboxylic acids is 2. The van der Waals surface area contributed by atoms with Gasteiger partial charge in [-0.15, -0.1) is 0 Å². The molecule has 0 aromatic heterocycles. The predicted molar refractivity (Wildman–Crippen MR) is 94.5 cm³/mol. The van der Waals surface area contributed by atoms with E-state index in [1.807, 2.05) is 25.1 Å². The minimum Gasteiger partial charge on any atom is -0.506 e. The molecule has 5 nitrogen and oxygen atoms in total. The summed E-state index contributed by atoms with van der Waals surface area (Å²) in [6.45, 7) is 3.60. The van der Waals surface area contributed by atoms with Crippen LogP contribution in [-0.4, -0.2) is 21.9 Å². The van der Waals surface area contributed by atoms with Crippen LogP contribution in [0.4, 0.5) is 5.69 Å². The van der Waals surface area contributed by atoms with E-state index in [1.54, 1.807) is 31.2 Å². The van der Waals surface area contributed by atoms with E-state index in [-0.39, 0.29) is 29.2 Å². The molecule has 1 amide bonds. The number of phenolic OH excluding ortho intramolecular Hbond substituents is 1. The number of carbonyl (C=O) groups is 2. The average Bonchev–Trinajstić information content (AvgIpc) is 2.86. The molecule has 2 aromatic rings. The number of ketones is 1. The van der Waals surface area contributed by atoms with Crippen LogP contribution in [0.25, 0.3) is 0 Å². The molecule has 2 N–H and O–H groups in total. The number of hydrogen-bond acceptors (Lipinski definition) is 4. The van der Waals surface area contributed by atoms with Gasteiger partial charge >= 0.3 is 0 Å². The molecule has 3 rings (SSSR count). The van der Waals surface area contributed by atoms with E-state index in [9.17, 15) is 19.8 Å². The number of anilines is 1. The number of para-hydroxylation sites is 2. The number of aliphatic hydroxyl groups excluding tert-OH is 1. The van der Waals surface area contributed by atoms with E-state index in [1.165, 1.54) is 11.0 Å². The third-order valence-electron chi connectivity index (χ3n) is 4.33. The summed E-state index contributed by atoms with van der Waals surface area (Å²) < 4.78 is 0. The van der Waals surface area contributed by atoms with Gasteiger partial charge in [0, 0.05) is 6.42 Å². The van der Waals surface area contributed by atoms with Gasteiger partial charge in [-0.05, 0) is 24.6 Å². The molecule has 25 heavy (non-hydrogen) atoms. The molecule has 0 radical (unpaired) electrons. The number of phenols is 1. The van der Waals surface area contributed by atoms with Gasteiger partial charge in [0.05, 0.1) is 17.3 Å². The number of rotatable bonds is 4. The van der Waals surface area contributed by atoms with Crippen LogP contribution in [0.2, 0.25) is 0 Å². The quantitative estimate of drug-likeness (QED) is 0.894. The summed E-state index contributed by atoms with van der Waals surface area (Å²) in [6, 6.07) is 13.0. The summed E-state index contributed by atoms with van der Waals surface area (Å²) in [6.07, 6.45) is 0.170. The van der Waals surface area contributed by atoms with Crippen molar-refractivity contribution < 1.29 is 19.8 Å². The molecule has 1 aliphatic heterocycles. The van der Waals surface area contributed by atoms with Gasteiger partial charge in [-0.25, -0.2) is 0 Å². The Kier molecular flexibility index (Phi) is 4.31. The number of aryl methyl sites for hydroxylation is 1. The van der Waals surface area contributed by atoms with Gasteiger partial charge in [0.2, 0.25) is 0 Å². The van der Waals surface area contributed by atoms with Crippen LogP contribution in [0, 0.1) is 6.92 Å². The molecule has 1 atom stereocenters. The Balaban J connectivity index is 2.23. The highest BCUT2D eigenvalue weighted by Gasteiger charge is 2.44. The van der Waals surface area contributed by atoms with Gasteiger partial charge < -0.3 is 10.2 Å². The molecule has 128 valence electrons. The first kappa shape index (κ1) is 16.8. The number of benzene rings is 2. The third kappa shape index (κ3) is 2.78. The maximum atomic E-state index is 12.7. The van der Waals surface area contributed by atoms with Crippen LogP contribution in [0.3, 0.4) is 0 Å². The second-order valence-corrected chi connectivity index (χ2v) is 6.02. The Morgan fingerprint density at radius 1 is 1.12 bits per heavy atom. The summed E-state index contributed by atoms with van der Waals surface area (Å²) in [5, 5.41) is 20.6. The zero-order valence-corrected chi connectivity index (χ0v) is 14.1. The minimum atomic E-state index is -0.770. The first-order valence-corrected chi connectivity index (χ1v) is 8.10. The SMILES string of the molecule is CCC(=O)C1=C(O)C(=O)N(c2ccccc2O)C1c1cccc(C)c1. The van der Waals surface area contributed by atoms with Crippen LogP contribution in [0.1, 0.15) is 30.5 Å². The Bertz CT molecular complexity index is 885. The van der Waals surface area contributed by atoms with E-state index < -0.39 is 17.7 Å². The maximum absolute atomic E-state index is 12.7. The molecule has 0 aliphatic carbocycles. The van der Waals surface area contributed by atoms with Gasteiger partial charge in [-0.1, -0.05) is 48.9 Å². The minimum absolute atomic E-state index is 0.0707. The third-order valence-corrected chi connectivity index (χ3v) is 4.33. The van der Waals surface area contributed by atoms with Gasteiger partial charge in [0.1, 0.15) is 5.75 Å². The molecule has 0 fully saturated rings. The van der Waals surface area contributed by atoms with Crippen molar-refractivity contribution in [2.75, 3.05) is 4.90 Å². The van der Waals surface area contributed by atoms with E-state index in [0.717, 1.165) is 5.56 Å². The van der Waals surface area contributed by atoms with Crippen LogP contribution < -0.4 is 4.90 Å². The van der Waals surface area contributed by atoms with Crippen molar-refractivity contribution in [3.8, 4) is 5.75 Å². The van der Waals surface area contributed by atoms with Crippen molar-refractivity contribution in [1.82, 2.24) is 0 Å². The Hall–Kier alpha value is -3.08. The van der Waals surface area contributed by atoms with Crippen LogP contribution in [-0.2, 0) is 9.59 Å². The highest BCUT2D eigenvalue weighted by molar-refractivity contribution is 6.16. The summed E-state index contributed by atoms with van der Waals surface area (Å²) in [4.78, 5) is 26.4. The fourth-order valence-electron chi connectivity index (χ4n) is 3.15. The standard InChI is InChI=1S/C20H19NO4/c1-3-15(22)17-18(13-8-6-7-12(2)11-13)21(20(25)19(17)24)14-9-4-5-10-16(14)23/h4-11,18,23-24H,3H2,1-2H3. The van der Waals surface area contributed by atoms with E-state index in [4.69, 9.17) is 0 Å². The first-order valence-electron chi connectivity index (χ1n) is 8.10. The first-order chi connectivity index (χ1) is 12.0. The Morgan fingerprint density at radius 2 is 1.84 bits per heavy atom. The lowest BCUT2D eigenvalue weighted by Gasteiger charge is -2.27. The maximum Gasteiger partial charge on any atom is 0.294 e. The van der Waals surface area contributed by atoms with Gasteiger partial charge in [0.15, 0.2) is 11.5 Å². The zero-order chi connectivity index (χ0) is 18.1. The summed E-state index contributed by atoms with van der Waals surface area (Å²) in [7, 11) is 0. The van der Waals surface area contributed by atoms with Gasteiger partial charge in [-0.2, -0.15) is 0 Å². The number of nitrogens with zero attached hydrogens (tertiary/aromatic N) is 1. The summed E-state index contributed by atoms with van der Waals surface area (Å²) >= 11 is 0. The lowest BCUT2D eigenvalue weighted by molar-refractivity contribution is -0.118. The smallest absolute Gasteiger partial charge is 0.294 e. The lowest BCUT2D eigenvalue weighted by Crippen LogP contribution is -2.31. The van der Waals surface area contributed by atoms with Crippen LogP contribution in [0.5, 0.6) is 5.75 Å².